The molecule has 0 N–H and O–H groups in total. The maximum Gasteiger partial charge on any atom is 0.509 e. The van der Waals surface area contributed by atoms with E-state index in [1.807, 2.05) is 0 Å². The highest BCUT2D eigenvalue weighted by molar-refractivity contribution is 6.00. The van der Waals surface area contributed by atoms with Crippen molar-refractivity contribution in [2.45, 2.75) is 78.7 Å². The van der Waals surface area contributed by atoms with Gasteiger partial charge in [0.1, 0.15) is 23.6 Å². The van der Waals surface area contributed by atoms with Crippen LogP contribution in [0.1, 0.15) is 55.4 Å². The molecule has 8 heteroatoms. The molecule has 0 aromatic heterocycles. The van der Waals surface area contributed by atoms with E-state index in [9.17, 15) is 19.2 Å². The summed E-state index contributed by atoms with van der Waals surface area (Å²) in [5.41, 5.74) is -1.52. The summed E-state index contributed by atoms with van der Waals surface area (Å²) in [6, 6.07) is -0.743. The number of hydrogen-bond acceptors (Lipinski definition) is 7. The zero-order chi connectivity index (χ0) is 20.4. The minimum absolute atomic E-state index is 0.547. The largest absolute Gasteiger partial charge is 0.509 e. The zero-order valence-corrected chi connectivity index (χ0v) is 16.7. The average Bonchev–Trinajstić information content (AvgIpc) is 2.39. The van der Waals surface area contributed by atoms with Gasteiger partial charge >= 0.3 is 12.2 Å². The molecular formula is C18H29NO7. The Morgan fingerprint density at radius 1 is 1.04 bits per heavy atom. The zero-order valence-electron chi connectivity index (χ0n) is 16.7. The van der Waals surface area contributed by atoms with Crippen LogP contribution in [0.25, 0.3) is 0 Å². The Morgan fingerprint density at radius 2 is 1.54 bits per heavy atom. The molecule has 1 aliphatic heterocycles. The van der Waals surface area contributed by atoms with Crippen LogP contribution in [-0.4, -0.2) is 52.7 Å². The molecule has 1 aliphatic rings. The minimum atomic E-state index is -0.911. The Balaban J connectivity index is 2.91. The van der Waals surface area contributed by atoms with Gasteiger partial charge in [0.25, 0.3) is 0 Å². The standard InChI is InChI=1S/C18H29NO7/c1-10(9-20)13-12(11(2)24-16(23)26-18(6,7)8)14(21)19(13)15(22)25-17(3,4)5/h9-13H,1-8H3/t10-,11-,12-,13-/m1/s1. The Labute approximate surface area is 154 Å². The molecule has 26 heavy (non-hydrogen) atoms. The Hall–Kier alpha value is -2.12. The lowest BCUT2D eigenvalue weighted by atomic mass is 9.77. The highest BCUT2D eigenvalue weighted by Gasteiger charge is 2.57. The maximum absolute atomic E-state index is 12.5. The Kier molecular flexibility index (Phi) is 6.44. The van der Waals surface area contributed by atoms with E-state index in [0.29, 0.717) is 6.29 Å². The van der Waals surface area contributed by atoms with Gasteiger partial charge in [0.15, 0.2) is 0 Å². The van der Waals surface area contributed by atoms with Gasteiger partial charge in [0.2, 0.25) is 5.91 Å². The number of aldehydes is 1. The molecule has 0 aromatic carbocycles. The molecule has 0 saturated carbocycles. The summed E-state index contributed by atoms with van der Waals surface area (Å²) in [4.78, 5) is 48.8. The molecule has 0 aromatic rings. The molecule has 148 valence electrons. The highest BCUT2D eigenvalue weighted by atomic mass is 16.7. The van der Waals surface area contributed by atoms with Gasteiger partial charge in [0, 0.05) is 5.92 Å². The molecule has 1 fully saturated rings. The van der Waals surface area contributed by atoms with Gasteiger partial charge in [0.05, 0.1) is 12.0 Å². The van der Waals surface area contributed by atoms with E-state index in [4.69, 9.17) is 14.2 Å². The van der Waals surface area contributed by atoms with Crippen LogP contribution in [0.5, 0.6) is 0 Å². The number of β-lactam (4-membered cyclic amide) rings is 1. The van der Waals surface area contributed by atoms with Gasteiger partial charge in [-0.1, -0.05) is 6.92 Å². The summed E-state index contributed by atoms with van der Waals surface area (Å²) in [5.74, 6) is -2.00. The number of rotatable bonds is 4. The van der Waals surface area contributed by atoms with Gasteiger partial charge < -0.3 is 19.0 Å². The fraction of sp³-hybridized carbons (Fsp3) is 0.778. The quantitative estimate of drug-likeness (QED) is 0.425. The van der Waals surface area contributed by atoms with Crippen LogP contribution in [0.2, 0.25) is 0 Å². The van der Waals surface area contributed by atoms with Crippen LogP contribution in [0.4, 0.5) is 9.59 Å². The Bertz CT molecular complexity index is 573. The second-order valence-electron chi connectivity index (χ2n) is 8.49. The fourth-order valence-electron chi connectivity index (χ4n) is 2.68. The highest BCUT2D eigenvalue weighted by Crippen LogP contribution is 2.36. The normalized spacial score (nSPS) is 22.8. The molecule has 1 heterocycles. The van der Waals surface area contributed by atoms with Gasteiger partial charge in [-0.25, -0.2) is 14.5 Å². The topological polar surface area (TPSA) is 99.2 Å². The van der Waals surface area contributed by atoms with Gasteiger partial charge in [-0.3, -0.25) is 4.79 Å². The number of likely N-dealkylation sites (tertiary alicyclic amines) is 1. The van der Waals surface area contributed by atoms with Crippen LogP contribution in [0.3, 0.4) is 0 Å². The molecular weight excluding hydrogens is 342 g/mol. The van der Waals surface area contributed by atoms with Crippen LogP contribution >= 0.6 is 0 Å². The summed E-state index contributed by atoms with van der Waals surface area (Å²) in [6.07, 6.45) is -1.93. The minimum Gasteiger partial charge on any atom is -0.443 e. The first-order chi connectivity index (χ1) is 11.7. The number of carbonyl (C=O) groups excluding carboxylic acids is 4. The van der Waals surface area contributed by atoms with E-state index in [-0.39, 0.29) is 0 Å². The predicted molar refractivity (Wildman–Crippen MR) is 92.4 cm³/mol. The van der Waals surface area contributed by atoms with Crippen molar-refractivity contribution in [1.82, 2.24) is 4.90 Å². The van der Waals surface area contributed by atoms with Gasteiger partial charge in [-0.2, -0.15) is 0 Å². The van der Waals surface area contributed by atoms with Gasteiger partial charge in [-0.05, 0) is 48.5 Å². The number of carbonyl (C=O) groups is 4. The summed E-state index contributed by atoms with van der Waals surface area (Å²) in [6.45, 7) is 13.2. The first kappa shape index (κ1) is 21.9. The van der Waals surface area contributed by atoms with E-state index in [1.165, 1.54) is 6.92 Å². The van der Waals surface area contributed by atoms with Crippen LogP contribution < -0.4 is 0 Å². The second-order valence-corrected chi connectivity index (χ2v) is 8.49. The second kappa shape index (κ2) is 7.63. The molecule has 4 atom stereocenters. The van der Waals surface area contributed by atoms with Crippen molar-refractivity contribution >= 4 is 24.4 Å². The van der Waals surface area contributed by atoms with Crippen LogP contribution in [-0.2, 0) is 23.8 Å². The third-order valence-electron chi connectivity index (χ3n) is 3.71. The maximum atomic E-state index is 12.5. The smallest absolute Gasteiger partial charge is 0.443 e. The van der Waals surface area contributed by atoms with E-state index >= 15 is 0 Å². The molecule has 8 nitrogen and oxygen atoms in total. The number of imide groups is 1. The molecule has 0 radical (unpaired) electrons. The summed E-state index contributed by atoms with van der Waals surface area (Å²) in [7, 11) is 0. The summed E-state index contributed by atoms with van der Waals surface area (Å²) >= 11 is 0. The Morgan fingerprint density at radius 3 is 1.96 bits per heavy atom. The summed E-state index contributed by atoms with van der Waals surface area (Å²) < 4.78 is 15.5. The molecule has 0 unspecified atom stereocenters. The third kappa shape index (κ3) is 5.44. The van der Waals surface area contributed by atoms with E-state index in [1.54, 1.807) is 48.5 Å². The number of ether oxygens (including phenoxy) is 3. The lowest BCUT2D eigenvalue weighted by molar-refractivity contribution is -0.166. The lowest BCUT2D eigenvalue weighted by Gasteiger charge is -2.48. The molecule has 1 rings (SSSR count). The predicted octanol–water partition coefficient (Wildman–Crippen LogP) is 2.92. The average molecular weight is 371 g/mol. The molecule has 0 spiro atoms. The third-order valence-corrected chi connectivity index (χ3v) is 3.71. The molecule has 1 saturated heterocycles. The number of hydrogen-bond donors (Lipinski definition) is 0. The SMILES string of the molecule is C[C@H](C=O)[C@@H]1[C@@H]([C@@H](C)OC(=O)OC(C)(C)C)C(=O)N1C(=O)OC(C)(C)C. The fourth-order valence-corrected chi connectivity index (χ4v) is 2.68. The van der Waals surface area contributed by atoms with Crippen molar-refractivity contribution in [3.63, 3.8) is 0 Å². The first-order valence-corrected chi connectivity index (χ1v) is 8.59. The lowest BCUT2D eigenvalue weighted by Crippen LogP contribution is -2.69. The van der Waals surface area contributed by atoms with Crippen molar-refractivity contribution in [3.8, 4) is 0 Å². The van der Waals surface area contributed by atoms with E-state index in [2.05, 4.69) is 0 Å². The van der Waals surface area contributed by atoms with Crippen LogP contribution in [0.15, 0.2) is 0 Å². The molecule has 2 amide bonds. The van der Waals surface area contributed by atoms with Crippen molar-refractivity contribution < 1.29 is 33.4 Å². The van der Waals surface area contributed by atoms with Crippen molar-refractivity contribution in [2.24, 2.45) is 11.8 Å². The first-order valence-electron chi connectivity index (χ1n) is 8.59. The van der Waals surface area contributed by atoms with E-state index in [0.717, 1.165) is 4.90 Å². The number of amides is 2. The van der Waals surface area contributed by atoms with Crippen molar-refractivity contribution in [3.05, 3.63) is 0 Å². The molecule has 0 aliphatic carbocycles. The summed E-state index contributed by atoms with van der Waals surface area (Å²) in [5, 5.41) is 0. The van der Waals surface area contributed by atoms with Crippen molar-refractivity contribution in [1.29, 1.82) is 0 Å². The monoisotopic (exact) mass is 371 g/mol. The van der Waals surface area contributed by atoms with E-state index < -0.39 is 53.3 Å². The molecule has 0 bridgehead atoms. The van der Waals surface area contributed by atoms with Crippen molar-refractivity contribution in [2.75, 3.05) is 0 Å². The van der Waals surface area contributed by atoms with Gasteiger partial charge in [-0.15, -0.1) is 0 Å². The van der Waals surface area contributed by atoms with Crippen LogP contribution in [0, 0.1) is 11.8 Å². The number of nitrogens with zero attached hydrogens (tertiary/aromatic N) is 1.